The van der Waals surface area contributed by atoms with Crippen molar-refractivity contribution in [2.24, 2.45) is 0 Å². The van der Waals surface area contributed by atoms with Gasteiger partial charge in [0.05, 0.1) is 0 Å². The fourth-order valence-corrected chi connectivity index (χ4v) is 3.07. The van der Waals surface area contributed by atoms with Gasteiger partial charge in [0.25, 0.3) is 0 Å². The van der Waals surface area contributed by atoms with Crippen LogP contribution in [-0.4, -0.2) is 0 Å². The lowest BCUT2D eigenvalue weighted by Gasteiger charge is -2.14. The van der Waals surface area contributed by atoms with Crippen molar-refractivity contribution >= 4 is 12.6 Å². The van der Waals surface area contributed by atoms with Crippen molar-refractivity contribution in [3.05, 3.63) is 65.2 Å². The first-order chi connectivity index (χ1) is 12.2. The zero-order valence-corrected chi connectivity index (χ0v) is 18.1. The van der Waals surface area contributed by atoms with Crippen LogP contribution >= 0.6 is 12.6 Å². The smallest absolute Gasteiger partial charge is 0.00401 e. The molecule has 140 valence electrons. The van der Waals surface area contributed by atoms with Crippen LogP contribution in [0.25, 0.3) is 0 Å². The van der Waals surface area contributed by atoms with Crippen molar-refractivity contribution < 1.29 is 0 Å². The van der Waals surface area contributed by atoms with E-state index in [1.807, 2.05) is 27.7 Å². The summed E-state index contributed by atoms with van der Waals surface area (Å²) in [5.74, 6) is 0.716. The summed E-state index contributed by atoms with van der Waals surface area (Å²) in [4.78, 5) is 1.04. The second-order valence-electron chi connectivity index (χ2n) is 5.78. The molecule has 0 aliphatic carbocycles. The fourth-order valence-electron chi connectivity index (χ4n) is 2.92. The summed E-state index contributed by atoms with van der Waals surface area (Å²) in [6.07, 6.45) is 5.98. The van der Waals surface area contributed by atoms with E-state index in [1.165, 1.54) is 36.0 Å². The van der Waals surface area contributed by atoms with Gasteiger partial charge in [-0.2, -0.15) is 0 Å². The maximum absolute atomic E-state index is 4.33. The van der Waals surface area contributed by atoms with Gasteiger partial charge in [0.1, 0.15) is 0 Å². The van der Waals surface area contributed by atoms with E-state index >= 15 is 0 Å². The Labute approximate surface area is 162 Å². The third-order valence-corrected chi connectivity index (χ3v) is 4.57. The van der Waals surface area contributed by atoms with Crippen molar-refractivity contribution in [3.8, 4) is 0 Å². The number of thiol groups is 1. The van der Waals surface area contributed by atoms with E-state index in [-0.39, 0.29) is 0 Å². The Bertz CT molecular complexity index is 538. The predicted octanol–water partition coefficient (Wildman–Crippen LogP) is 8.11. The largest absolute Gasteiger partial charge is 0.143 e. The third kappa shape index (κ3) is 9.16. The van der Waals surface area contributed by atoms with Gasteiger partial charge in [-0.05, 0) is 66.8 Å². The first kappa shape index (κ1) is 23.8. The quantitative estimate of drug-likeness (QED) is 0.475. The molecule has 0 heterocycles. The second-order valence-corrected chi connectivity index (χ2v) is 6.29. The fraction of sp³-hybridized carbons (Fsp3) is 0.500. The van der Waals surface area contributed by atoms with Gasteiger partial charge in [-0.15, -0.1) is 12.6 Å². The molecule has 0 bridgehead atoms. The SMILES string of the molecule is CC.CC.CCC(CC)c1cccc(CCCc2ccc(S)cc2)c1. The number of aryl methyl sites for hydroxylation is 2. The molecule has 0 atom stereocenters. The van der Waals surface area contributed by atoms with Gasteiger partial charge >= 0.3 is 0 Å². The van der Waals surface area contributed by atoms with E-state index in [2.05, 4.69) is 75.0 Å². The van der Waals surface area contributed by atoms with E-state index in [0.717, 1.165) is 17.7 Å². The Hall–Kier alpha value is -1.21. The Balaban J connectivity index is 0.00000134. The van der Waals surface area contributed by atoms with E-state index in [9.17, 15) is 0 Å². The summed E-state index contributed by atoms with van der Waals surface area (Å²) in [5.41, 5.74) is 4.39. The van der Waals surface area contributed by atoms with Gasteiger partial charge in [-0.3, -0.25) is 0 Å². The molecule has 0 saturated heterocycles. The monoisotopic (exact) mass is 358 g/mol. The normalized spacial score (nSPS) is 9.76. The van der Waals surface area contributed by atoms with E-state index in [1.54, 1.807) is 0 Å². The lowest BCUT2D eigenvalue weighted by atomic mass is 9.92. The lowest BCUT2D eigenvalue weighted by Crippen LogP contribution is -1.97. The number of hydrogen-bond donors (Lipinski definition) is 1. The first-order valence-electron chi connectivity index (χ1n) is 10.1. The molecule has 2 aromatic rings. The highest BCUT2D eigenvalue weighted by molar-refractivity contribution is 7.80. The highest BCUT2D eigenvalue weighted by atomic mass is 32.1. The van der Waals surface area contributed by atoms with Crippen molar-refractivity contribution in [3.63, 3.8) is 0 Å². The third-order valence-electron chi connectivity index (χ3n) is 4.28. The number of rotatable bonds is 7. The van der Waals surface area contributed by atoms with Crippen LogP contribution in [0.1, 0.15) is 83.4 Å². The zero-order chi connectivity index (χ0) is 19.1. The van der Waals surface area contributed by atoms with Crippen molar-refractivity contribution in [1.29, 1.82) is 0 Å². The molecule has 1 heteroatoms. The molecule has 0 radical (unpaired) electrons. The van der Waals surface area contributed by atoms with Gasteiger partial charge in [0.15, 0.2) is 0 Å². The average Bonchev–Trinajstić information content (AvgIpc) is 2.68. The van der Waals surface area contributed by atoms with Crippen molar-refractivity contribution in [2.45, 2.75) is 84.5 Å². The van der Waals surface area contributed by atoms with Gasteiger partial charge in [-0.1, -0.05) is 77.9 Å². The molecule has 0 spiro atoms. The minimum absolute atomic E-state index is 0.716. The summed E-state index contributed by atoms with van der Waals surface area (Å²) < 4.78 is 0. The molecule has 0 saturated carbocycles. The summed E-state index contributed by atoms with van der Waals surface area (Å²) >= 11 is 4.33. The van der Waals surface area contributed by atoms with Crippen LogP contribution in [0.5, 0.6) is 0 Å². The topological polar surface area (TPSA) is 0 Å². The van der Waals surface area contributed by atoms with E-state index in [0.29, 0.717) is 5.92 Å². The van der Waals surface area contributed by atoms with Gasteiger partial charge in [-0.25, -0.2) is 0 Å². The summed E-state index contributed by atoms with van der Waals surface area (Å²) in [6.45, 7) is 12.6. The zero-order valence-electron chi connectivity index (χ0n) is 17.2. The van der Waals surface area contributed by atoms with Gasteiger partial charge in [0.2, 0.25) is 0 Å². The molecule has 0 aromatic heterocycles. The van der Waals surface area contributed by atoms with Crippen LogP contribution in [0, 0.1) is 0 Å². The molecule has 0 N–H and O–H groups in total. The molecule has 2 aromatic carbocycles. The lowest BCUT2D eigenvalue weighted by molar-refractivity contribution is 0.640. The highest BCUT2D eigenvalue weighted by Crippen LogP contribution is 2.24. The van der Waals surface area contributed by atoms with E-state index in [4.69, 9.17) is 0 Å². The van der Waals surface area contributed by atoms with Gasteiger partial charge in [0, 0.05) is 4.90 Å². The van der Waals surface area contributed by atoms with E-state index < -0.39 is 0 Å². The Morgan fingerprint density at radius 3 is 1.88 bits per heavy atom. The summed E-state index contributed by atoms with van der Waals surface area (Å²) in [6, 6.07) is 17.7. The maximum Gasteiger partial charge on any atom is 0.00401 e. The molecule has 25 heavy (non-hydrogen) atoms. The Morgan fingerprint density at radius 2 is 1.32 bits per heavy atom. The molecule has 2 rings (SSSR count). The molecule has 0 amide bonds. The maximum atomic E-state index is 4.33. The predicted molar refractivity (Wildman–Crippen MR) is 118 cm³/mol. The van der Waals surface area contributed by atoms with Gasteiger partial charge < -0.3 is 0 Å². The molecular formula is C24H38S. The van der Waals surface area contributed by atoms with Crippen LogP contribution in [0.15, 0.2) is 53.4 Å². The Kier molecular flexibility index (Phi) is 14.3. The second kappa shape index (κ2) is 15.1. The minimum Gasteiger partial charge on any atom is -0.143 e. The molecule has 0 unspecified atom stereocenters. The summed E-state index contributed by atoms with van der Waals surface area (Å²) in [7, 11) is 0. The Morgan fingerprint density at radius 1 is 0.760 bits per heavy atom. The average molecular weight is 359 g/mol. The van der Waals surface area contributed by atoms with Crippen LogP contribution < -0.4 is 0 Å². The van der Waals surface area contributed by atoms with Crippen LogP contribution in [0.2, 0.25) is 0 Å². The standard InChI is InChI=1S/C20H26S.2C2H6/c1-3-18(4-2)19-10-6-9-17(15-19)8-5-7-16-11-13-20(21)14-12-16;2*1-2/h6,9-15,18,21H,3-5,7-8H2,1-2H3;2*1-2H3. The molecule has 0 aliphatic heterocycles. The molecular weight excluding hydrogens is 320 g/mol. The minimum atomic E-state index is 0.716. The van der Waals surface area contributed by atoms with Crippen molar-refractivity contribution in [2.75, 3.05) is 0 Å². The van der Waals surface area contributed by atoms with Crippen LogP contribution in [0.3, 0.4) is 0 Å². The van der Waals surface area contributed by atoms with Crippen LogP contribution in [0.4, 0.5) is 0 Å². The molecule has 0 fully saturated rings. The van der Waals surface area contributed by atoms with Crippen LogP contribution in [-0.2, 0) is 12.8 Å². The number of benzene rings is 2. The number of hydrogen-bond acceptors (Lipinski definition) is 1. The van der Waals surface area contributed by atoms with Crippen molar-refractivity contribution in [1.82, 2.24) is 0 Å². The molecule has 0 nitrogen and oxygen atoms in total. The highest BCUT2D eigenvalue weighted by Gasteiger charge is 2.07. The summed E-state index contributed by atoms with van der Waals surface area (Å²) in [5, 5.41) is 0. The first-order valence-corrected chi connectivity index (χ1v) is 10.5. The molecule has 0 aliphatic rings.